The molecule has 0 aliphatic rings. The third-order valence-corrected chi connectivity index (χ3v) is 2.87. The molecule has 0 heterocycles. The van der Waals surface area contributed by atoms with Crippen LogP contribution in [0.3, 0.4) is 0 Å². The molecular weight excluding hydrogens is 276 g/mol. The molecule has 0 spiro atoms. The van der Waals surface area contributed by atoms with E-state index in [1.54, 1.807) is 19.2 Å². The molecule has 7 heteroatoms. The average molecular weight is 298 g/mol. The van der Waals surface area contributed by atoms with Crippen LogP contribution < -0.4 is 10.1 Å². The summed E-state index contributed by atoms with van der Waals surface area (Å²) in [6, 6.07) is 4.79. The molecular formula is C14H22N2O5. The molecule has 0 aromatic heterocycles. The van der Waals surface area contributed by atoms with Gasteiger partial charge in [0, 0.05) is 38.8 Å². The number of nitro benzene ring substituents is 1. The summed E-state index contributed by atoms with van der Waals surface area (Å²) in [5, 5.41) is 23.1. The number of nitrogens with one attached hydrogen (secondary N) is 1. The van der Waals surface area contributed by atoms with Crippen LogP contribution in [-0.4, -0.2) is 43.5 Å². The van der Waals surface area contributed by atoms with Crippen molar-refractivity contribution in [2.45, 2.75) is 13.5 Å². The van der Waals surface area contributed by atoms with Crippen molar-refractivity contribution < 1.29 is 19.5 Å². The number of aliphatic hydroxyl groups excluding tert-OH is 1. The highest BCUT2D eigenvalue weighted by Crippen LogP contribution is 2.28. The molecule has 1 aromatic carbocycles. The number of hydrogen-bond acceptors (Lipinski definition) is 6. The summed E-state index contributed by atoms with van der Waals surface area (Å²) < 4.78 is 10.4. The first-order valence-corrected chi connectivity index (χ1v) is 6.79. The first-order chi connectivity index (χ1) is 10.1. The van der Waals surface area contributed by atoms with E-state index >= 15 is 0 Å². The van der Waals surface area contributed by atoms with Crippen molar-refractivity contribution in [3.05, 3.63) is 33.9 Å². The van der Waals surface area contributed by atoms with E-state index < -0.39 is 4.92 Å². The zero-order valence-corrected chi connectivity index (χ0v) is 12.4. The van der Waals surface area contributed by atoms with Crippen molar-refractivity contribution in [3.8, 4) is 5.75 Å². The fraction of sp³-hybridized carbons (Fsp3) is 0.571. The lowest BCUT2D eigenvalue weighted by Crippen LogP contribution is -2.18. The van der Waals surface area contributed by atoms with Gasteiger partial charge in [-0.25, -0.2) is 0 Å². The summed E-state index contributed by atoms with van der Waals surface area (Å²) >= 11 is 0. The van der Waals surface area contributed by atoms with Crippen molar-refractivity contribution in [1.29, 1.82) is 0 Å². The van der Waals surface area contributed by atoms with Crippen molar-refractivity contribution in [1.82, 2.24) is 5.32 Å². The van der Waals surface area contributed by atoms with Crippen LogP contribution in [0.2, 0.25) is 0 Å². The maximum atomic E-state index is 11.0. The van der Waals surface area contributed by atoms with Crippen molar-refractivity contribution in [2.24, 2.45) is 5.92 Å². The number of benzene rings is 1. The molecule has 0 fully saturated rings. The molecule has 1 rings (SSSR count). The van der Waals surface area contributed by atoms with Crippen molar-refractivity contribution >= 4 is 5.69 Å². The fourth-order valence-corrected chi connectivity index (χ4v) is 1.63. The Hall–Kier alpha value is -1.70. The summed E-state index contributed by atoms with van der Waals surface area (Å²) in [6.45, 7) is 3.90. The van der Waals surface area contributed by atoms with Crippen LogP contribution in [0.15, 0.2) is 18.2 Å². The minimum atomic E-state index is -0.471. The Morgan fingerprint density at radius 1 is 1.48 bits per heavy atom. The normalized spacial score (nSPS) is 12.1. The van der Waals surface area contributed by atoms with Crippen LogP contribution >= 0.6 is 0 Å². The molecule has 0 amide bonds. The van der Waals surface area contributed by atoms with Crippen LogP contribution in [-0.2, 0) is 11.3 Å². The van der Waals surface area contributed by atoms with Crippen molar-refractivity contribution in [2.75, 3.05) is 33.5 Å². The number of aliphatic hydroxyl groups is 1. The van der Waals surface area contributed by atoms with Gasteiger partial charge in [0.2, 0.25) is 0 Å². The van der Waals surface area contributed by atoms with E-state index in [2.05, 4.69) is 5.32 Å². The van der Waals surface area contributed by atoms with Gasteiger partial charge in [0.05, 0.1) is 18.1 Å². The molecule has 0 aliphatic carbocycles. The zero-order valence-electron chi connectivity index (χ0n) is 12.4. The summed E-state index contributed by atoms with van der Waals surface area (Å²) in [5.41, 5.74) is 0.823. The van der Waals surface area contributed by atoms with E-state index in [9.17, 15) is 10.1 Å². The molecule has 0 radical (unpaired) electrons. The van der Waals surface area contributed by atoms with Gasteiger partial charge in [0.15, 0.2) is 5.75 Å². The number of rotatable bonds is 10. The first kappa shape index (κ1) is 17.4. The van der Waals surface area contributed by atoms with Gasteiger partial charge in [-0.15, -0.1) is 0 Å². The molecule has 118 valence electrons. The van der Waals surface area contributed by atoms with Crippen LogP contribution in [0, 0.1) is 16.0 Å². The lowest BCUT2D eigenvalue weighted by Gasteiger charge is -2.12. The third-order valence-electron chi connectivity index (χ3n) is 2.87. The summed E-state index contributed by atoms with van der Waals surface area (Å²) in [6.07, 6.45) is 0. The Balaban J connectivity index is 2.73. The van der Waals surface area contributed by atoms with Crippen LogP contribution in [0.5, 0.6) is 5.75 Å². The largest absolute Gasteiger partial charge is 0.486 e. The van der Waals surface area contributed by atoms with Gasteiger partial charge in [-0.3, -0.25) is 10.1 Å². The topological polar surface area (TPSA) is 93.9 Å². The van der Waals surface area contributed by atoms with E-state index in [1.165, 1.54) is 6.07 Å². The highest BCUT2D eigenvalue weighted by molar-refractivity contribution is 5.48. The predicted octanol–water partition coefficient (Wildman–Crippen LogP) is 1.34. The molecule has 0 saturated carbocycles. The minimum Gasteiger partial charge on any atom is -0.486 e. The van der Waals surface area contributed by atoms with Gasteiger partial charge in [-0.2, -0.15) is 0 Å². The van der Waals surface area contributed by atoms with Crippen LogP contribution in [0.1, 0.15) is 12.5 Å². The van der Waals surface area contributed by atoms with E-state index in [-0.39, 0.29) is 30.6 Å². The molecule has 0 saturated heterocycles. The fourth-order valence-electron chi connectivity index (χ4n) is 1.63. The Kier molecular flexibility index (Phi) is 7.66. The van der Waals surface area contributed by atoms with Gasteiger partial charge < -0.3 is 19.9 Å². The Morgan fingerprint density at radius 3 is 2.86 bits per heavy atom. The van der Waals surface area contributed by atoms with E-state index in [1.807, 2.05) is 6.92 Å². The summed E-state index contributed by atoms with van der Waals surface area (Å²) in [7, 11) is 1.63. The summed E-state index contributed by atoms with van der Waals surface area (Å²) in [5.74, 6) is 0.152. The molecule has 1 atom stereocenters. The molecule has 7 nitrogen and oxygen atoms in total. The number of nitro groups is 1. The SMILES string of the molecule is COCCNCc1ccc([N+](=O)[O-])c(OCC(C)CO)c1. The molecule has 1 aromatic rings. The second-order valence-corrected chi connectivity index (χ2v) is 4.83. The summed E-state index contributed by atoms with van der Waals surface area (Å²) in [4.78, 5) is 10.5. The standard InChI is InChI=1S/C14H22N2O5/c1-11(9-17)10-21-14-7-12(8-15-5-6-20-2)3-4-13(14)16(18)19/h3-4,7,11,15,17H,5-6,8-10H2,1-2H3. The lowest BCUT2D eigenvalue weighted by molar-refractivity contribution is -0.385. The van der Waals surface area contributed by atoms with Gasteiger partial charge in [0.25, 0.3) is 0 Å². The average Bonchev–Trinajstić information content (AvgIpc) is 2.49. The van der Waals surface area contributed by atoms with Gasteiger partial charge in [-0.05, 0) is 11.6 Å². The third kappa shape index (κ3) is 6.07. The maximum Gasteiger partial charge on any atom is 0.310 e. The second-order valence-electron chi connectivity index (χ2n) is 4.83. The monoisotopic (exact) mass is 298 g/mol. The van der Waals surface area contributed by atoms with Gasteiger partial charge in [0.1, 0.15) is 0 Å². The van der Waals surface area contributed by atoms with Crippen molar-refractivity contribution in [3.63, 3.8) is 0 Å². The maximum absolute atomic E-state index is 11.0. The molecule has 0 bridgehead atoms. The molecule has 21 heavy (non-hydrogen) atoms. The zero-order chi connectivity index (χ0) is 15.7. The second kappa shape index (κ2) is 9.28. The molecule has 0 aliphatic heterocycles. The van der Waals surface area contributed by atoms with Crippen LogP contribution in [0.25, 0.3) is 0 Å². The quantitative estimate of drug-likeness (QED) is 0.384. The Labute approximate surface area is 124 Å². The minimum absolute atomic E-state index is 0.0218. The molecule has 2 N–H and O–H groups in total. The van der Waals surface area contributed by atoms with Crippen LogP contribution in [0.4, 0.5) is 5.69 Å². The highest BCUT2D eigenvalue weighted by atomic mass is 16.6. The number of methoxy groups -OCH3 is 1. The van der Waals surface area contributed by atoms with E-state index in [0.29, 0.717) is 19.7 Å². The van der Waals surface area contributed by atoms with Gasteiger partial charge >= 0.3 is 5.69 Å². The number of nitrogens with zero attached hydrogens (tertiary/aromatic N) is 1. The number of ether oxygens (including phenoxy) is 2. The van der Waals surface area contributed by atoms with E-state index in [4.69, 9.17) is 14.6 Å². The number of hydrogen-bond donors (Lipinski definition) is 2. The van der Waals surface area contributed by atoms with E-state index in [0.717, 1.165) is 5.56 Å². The first-order valence-electron chi connectivity index (χ1n) is 6.79. The lowest BCUT2D eigenvalue weighted by atomic mass is 10.2. The Morgan fingerprint density at radius 2 is 2.24 bits per heavy atom. The molecule has 1 unspecified atom stereocenters. The smallest absolute Gasteiger partial charge is 0.310 e. The Bertz CT molecular complexity index is 453. The predicted molar refractivity (Wildman–Crippen MR) is 78.4 cm³/mol. The van der Waals surface area contributed by atoms with Gasteiger partial charge in [-0.1, -0.05) is 13.0 Å². The highest BCUT2D eigenvalue weighted by Gasteiger charge is 2.16.